The Labute approximate surface area is 172 Å². The van der Waals surface area contributed by atoms with Gasteiger partial charge >= 0.3 is 0 Å². The molecule has 3 rings (SSSR count). The molecule has 2 nitrogen and oxygen atoms in total. The summed E-state index contributed by atoms with van der Waals surface area (Å²) in [7, 11) is 0. The van der Waals surface area contributed by atoms with E-state index in [4.69, 9.17) is 23.2 Å². The third-order valence-corrected chi connectivity index (χ3v) is 4.96. The molecule has 6 heteroatoms. The summed E-state index contributed by atoms with van der Waals surface area (Å²) in [5.41, 5.74) is 1.24. The first-order valence-electron chi connectivity index (χ1n) is 8.67. The lowest BCUT2D eigenvalue weighted by atomic mass is 9.94. The molecule has 0 radical (unpaired) electrons. The van der Waals surface area contributed by atoms with Gasteiger partial charge in [0.05, 0.1) is 6.54 Å². The summed E-state index contributed by atoms with van der Waals surface area (Å²) in [5, 5.41) is 0.928. The van der Waals surface area contributed by atoms with Gasteiger partial charge in [0.25, 0.3) is 11.8 Å². The molecular formula is C22H17Cl2F2NO. The van der Waals surface area contributed by atoms with E-state index in [-0.39, 0.29) is 18.5 Å². The molecule has 1 heterocycles. The number of carbonyl (C=O) groups excluding carboxylic acids is 1. The first-order valence-corrected chi connectivity index (χ1v) is 9.42. The van der Waals surface area contributed by atoms with Crippen molar-refractivity contribution in [3.05, 3.63) is 80.8 Å². The smallest absolute Gasteiger partial charge is 0.287 e. The highest BCUT2D eigenvalue weighted by Crippen LogP contribution is 2.35. The second-order valence-electron chi connectivity index (χ2n) is 6.56. The highest BCUT2D eigenvalue weighted by molar-refractivity contribution is 6.31. The van der Waals surface area contributed by atoms with Gasteiger partial charge in [-0.25, -0.2) is 0 Å². The van der Waals surface area contributed by atoms with Crippen molar-refractivity contribution in [1.29, 1.82) is 0 Å². The van der Waals surface area contributed by atoms with Crippen LogP contribution in [0.2, 0.25) is 10.0 Å². The number of likely N-dealkylation sites (tertiary alicyclic amines) is 1. The number of amides is 1. The molecule has 0 saturated carbocycles. The summed E-state index contributed by atoms with van der Waals surface area (Å²) in [6.07, 6.45) is 0.0648. The van der Waals surface area contributed by atoms with Crippen LogP contribution in [0.15, 0.2) is 59.7 Å². The van der Waals surface area contributed by atoms with Gasteiger partial charge in [-0.3, -0.25) is 4.79 Å². The fourth-order valence-electron chi connectivity index (χ4n) is 3.09. The molecule has 2 aromatic rings. The Morgan fingerprint density at radius 3 is 2.43 bits per heavy atom. The van der Waals surface area contributed by atoms with E-state index >= 15 is 0 Å². The van der Waals surface area contributed by atoms with Crippen molar-refractivity contribution in [2.45, 2.75) is 19.3 Å². The third-order valence-electron chi connectivity index (χ3n) is 4.49. The van der Waals surface area contributed by atoms with Crippen molar-refractivity contribution in [3.8, 4) is 11.8 Å². The van der Waals surface area contributed by atoms with Crippen LogP contribution in [-0.2, 0) is 0 Å². The molecule has 1 aliphatic heterocycles. The van der Waals surface area contributed by atoms with Crippen LogP contribution in [0.1, 0.15) is 29.3 Å². The molecule has 0 N–H and O–H groups in total. The Balaban J connectivity index is 1.80. The van der Waals surface area contributed by atoms with Crippen LogP contribution < -0.4 is 0 Å². The summed E-state index contributed by atoms with van der Waals surface area (Å²) in [5.74, 6) is 2.08. The lowest BCUT2D eigenvalue weighted by molar-refractivity contribution is -0.0147. The maximum absolute atomic E-state index is 14.7. The molecule has 0 atom stereocenters. The van der Waals surface area contributed by atoms with Crippen molar-refractivity contribution in [3.63, 3.8) is 0 Å². The van der Waals surface area contributed by atoms with Gasteiger partial charge in [0.2, 0.25) is 0 Å². The number of allylic oxidation sites excluding steroid dienone is 1. The summed E-state index contributed by atoms with van der Waals surface area (Å²) in [6.45, 7) is 1.10. The van der Waals surface area contributed by atoms with Crippen LogP contribution in [0.25, 0.3) is 0 Å². The van der Waals surface area contributed by atoms with Crippen LogP contribution in [-0.4, -0.2) is 29.8 Å². The third kappa shape index (κ3) is 4.73. The van der Waals surface area contributed by atoms with E-state index in [1.807, 2.05) is 0 Å². The maximum atomic E-state index is 14.7. The number of carbonyl (C=O) groups is 1. The molecule has 1 fully saturated rings. The lowest BCUT2D eigenvalue weighted by Gasteiger charge is -2.35. The molecule has 144 valence electrons. The molecule has 1 saturated heterocycles. The van der Waals surface area contributed by atoms with Crippen molar-refractivity contribution >= 4 is 29.1 Å². The first-order chi connectivity index (χ1) is 13.3. The van der Waals surface area contributed by atoms with E-state index in [0.29, 0.717) is 26.7 Å². The monoisotopic (exact) mass is 419 g/mol. The average molecular weight is 420 g/mol. The molecule has 0 unspecified atom stereocenters. The van der Waals surface area contributed by atoms with E-state index in [1.165, 1.54) is 6.07 Å². The van der Waals surface area contributed by atoms with Gasteiger partial charge < -0.3 is 4.90 Å². The average Bonchev–Trinajstić information content (AvgIpc) is 2.65. The van der Waals surface area contributed by atoms with Gasteiger partial charge in [-0.05, 0) is 49.7 Å². The first kappa shape index (κ1) is 20.4. The van der Waals surface area contributed by atoms with E-state index in [9.17, 15) is 13.6 Å². The number of halogens is 4. The zero-order valence-corrected chi connectivity index (χ0v) is 16.6. The number of benzene rings is 2. The van der Waals surface area contributed by atoms with Crippen molar-refractivity contribution in [2.24, 2.45) is 0 Å². The maximum Gasteiger partial charge on any atom is 0.287 e. The van der Waals surface area contributed by atoms with Gasteiger partial charge in [-0.1, -0.05) is 47.2 Å². The molecule has 0 spiro atoms. The number of hydrogen-bond donors (Lipinski definition) is 0. The predicted octanol–water partition coefficient (Wildman–Crippen LogP) is 5.84. The second-order valence-corrected chi connectivity index (χ2v) is 7.43. The minimum absolute atomic E-state index is 0.0304. The number of piperidine rings is 1. The number of nitrogens with zero attached hydrogens (tertiary/aromatic N) is 1. The molecule has 28 heavy (non-hydrogen) atoms. The highest BCUT2D eigenvalue weighted by Gasteiger charge is 2.42. The van der Waals surface area contributed by atoms with Gasteiger partial charge in [0, 0.05) is 38.9 Å². The fraction of sp³-hybridized carbons (Fsp3) is 0.227. The lowest BCUT2D eigenvalue weighted by Crippen LogP contribution is -2.47. The zero-order chi connectivity index (χ0) is 20.3. The molecule has 1 aliphatic rings. The quantitative estimate of drug-likeness (QED) is 0.531. The predicted molar refractivity (Wildman–Crippen MR) is 108 cm³/mol. The Hall–Kier alpha value is -2.35. The van der Waals surface area contributed by atoms with Crippen molar-refractivity contribution in [2.75, 3.05) is 13.1 Å². The Morgan fingerprint density at radius 1 is 1.11 bits per heavy atom. The van der Waals surface area contributed by atoms with Crippen LogP contribution in [0.4, 0.5) is 8.78 Å². The van der Waals surface area contributed by atoms with Crippen LogP contribution in [0.3, 0.4) is 0 Å². The number of hydrogen-bond acceptors (Lipinski definition) is 1. The minimum atomic E-state index is -3.14. The van der Waals surface area contributed by atoms with Crippen molar-refractivity contribution < 1.29 is 13.6 Å². The summed E-state index contributed by atoms with van der Waals surface area (Å²) in [4.78, 5) is 13.7. The van der Waals surface area contributed by atoms with Crippen LogP contribution in [0, 0.1) is 11.8 Å². The molecule has 0 aliphatic carbocycles. The Kier molecular flexibility index (Phi) is 6.07. The molecule has 2 aromatic carbocycles. The topological polar surface area (TPSA) is 20.3 Å². The summed E-state index contributed by atoms with van der Waals surface area (Å²) in [6, 6.07) is 13.2. The van der Waals surface area contributed by atoms with Crippen molar-refractivity contribution in [1.82, 2.24) is 4.90 Å². The molecule has 0 bridgehead atoms. The number of rotatable bonds is 1. The van der Waals surface area contributed by atoms with Crippen LogP contribution >= 0.6 is 23.2 Å². The second kappa shape index (κ2) is 8.34. The molecule has 1 amide bonds. The van der Waals surface area contributed by atoms with E-state index < -0.39 is 18.4 Å². The summed E-state index contributed by atoms with van der Waals surface area (Å²) < 4.78 is 29.5. The Morgan fingerprint density at radius 2 is 1.79 bits per heavy atom. The van der Waals surface area contributed by atoms with Gasteiger partial charge in [0.1, 0.15) is 0 Å². The fourth-order valence-corrected chi connectivity index (χ4v) is 3.47. The van der Waals surface area contributed by atoms with Crippen LogP contribution in [0.5, 0.6) is 0 Å². The van der Waals surface area contributed by atoms with Gasteiger partial charge in [0.15, 0.2) is 0 Å². The standard InChI is InChI=1S/C22H17Cl2F2NO/c1-15(8-9-16-4-2-6-18(23)12-16)20-10-11-27(14-22(20,25)26)21(28)17-5-3-7-19(24)13-17/h2-7,12-13H,10-11,14H2,1H3/b20-15-. The largest absolute Gasteiger partial charge is 0.332 e. The number of alkyl halides is 2. The normalized spacial score (nSPS) is 17.5. The Bertz CT molecular complexity index is 1000. The SMILES string of the molecule is C/C(C#Cc1cccc(Cl)c1)=C1\CCN(C(=O)c2cccc(Cl)c2)CC1(F)F. The van der Waals surface area contributed by atoms with E-state index in [2.05, 4.69) is 11.8 Å². The molecular weight excluding hydrogens is 403 g/mol. The highest BCUT2D eigenvalue weighted by atomic mass is 35.5. The van der Waals surface area contributed by atoms with E-state index in [1.54, 1.807) is 49.4 Å². The summed E-state index contributed by atoms with van der Waals surface area (Å²) >= 11 is 11.8. The van der Waals surface area contributed by atoms with Gasteiger partial charge in [-0.15, -0.1) is 0 Å². The minimum Gasteiger partial charge on any atom is -0.332 e. The zero-order valence-electron chi connectivity index (χ0n) is 15.1. The van der Waals surface area contributed by atoms with Gasteiger partial charge in [-0.2, -0.15) is 8.78 Å². The molecule has 0 aromatic heterocycles. The van der Waals surface area contributed by atoms with E-state index in [0.717, 1.165) is 4.90 Å².